The zero-order valence-electron chi connectivity index (χ0n) is 21.4. The van der Waals surface area contributed by atoms with Crippen LogP contribution in [0.15, 0.2) is 42.7 Å². The number of nitrogens with zero attached hydrogens (tertiary/aromatic N) is 3. The molecule has 2 aliphatic rings. The second kappa shape index (κ2) is 10.7. The van der Waals surface area contributed by atoms with Crippen LogP contribution in [0.5, 0.6) is 0 Å². The molecular weight excluding hydrogens is 458 g/mol. The number of carbonyl (C=O) groups is 3. The normalized spacial score (nSPS) is 24.4. The van der Waals surface area contributed by atoms with Crippen molar-refractivity contribution < 1.29 is 19.1 Å². The average molecular weight is 494 g/mol. The van der Waals surface area contributed by atoms with Gasteiger partial charge in [0.05, 0.1) is 31.1 Å². The fourth-order valence-electron chi connectivity index (χ4n) is 5.30. The molecule has 4 atom stereocenters. The van der Waals surface area contributed by atoms with E-state index < -0.39 is 17.9 Å². The first-order valence-corrected chi connectivity index (χ1v) is 12.5. The van der Waals surface area contributed by atoms with Gasteiger partial charge in [-0.1, -0.05) is 30.3 Å². The molecule has 1 aromatic carbocycles. The third kappa shape index (κ3) is 5.90. The molecule has 1 saturated carbocycles. The SMILES string of the molecule is COC(=O)C1CC(NC(C)(C)C)CCC1N1CC[C@H](NC(=O)c2cncc(-c3ccccc3)n2)C1=O. The molecule has 2 aromatic rings. The molecule has 0 bridgehead atoms. The van der Waals surface area contributed by atoms with Gasteiger partial charge in [0.15, 0.2) is 0 Å². The summed E-state index contributed by atoms with van der Waals surface area (Å²) in [7, 11) is 1.39. The van der Waals surface area contributed by atoms with Gasteiger partial charge in [0.25, 0.3) is 5.91 Å². The number of aromatic nitrogens is 2. The van der Waals surface area contributed by atoms with Crippen molar-refractivity contribution in [3.05, 3.63) is 48.4 Å². The van der Waals surface area contributed by atoms with Crippen molar-refractivity contribution in [1.29, 1.82) is 0 Å². The van der Waals surface area contributed by atoms with Crippen molar-refractivity contribution in [1.82, 2.24) is 25.5 Å². The molecule has 0 radical (unpaired) electrons. The molecule has 1 aliphatic heterocycles. The highest BCUT2D eigenvalue weighted by Gasteiger charge is 2.45. The predicted octanol–water partition coefficient (Wildman–Crippen LogP) is 2.57. The molecule has 2 heterocycles. The molecule has 9 nitrogen and oxygen atoms in total. The number of hydrogen-bond acceptors (Lipinski definition) is 7. The Morgan fingerprint density at radius 1 is 1.08 bits per heavy atom. The lowest BCUT2D eigenvalue weighted by Crippen LogP contribution is -2.55. The number of carbonyl (C=O) groups excluding carboxylic acids is 3. The van der Waals surface area contributed by atoms with Gasteiger partial charge in [-0.15, -0.1) is 0 Å². The standard InChI is InChI=1S/C27H35N5O4/c1-27(2,3)31-18-10-11-23(19(14-18)26(35)36-4)32-13-12-20(25(32)34)30-24(33)22-16-28-15-21(29-22)17-8-6-5-7-9-17/h5-9,15-16,18-20,23,31H,10-14H2,1-4H3,(H,30,33)/t18?,19?,20-,23?/m0/s1. The minimum atomic E-state index is -0.664. The molecule has 2 N–H and O–H groups in total. The second-order valence-corrected chi connectivity index (χ2v) is 10.6. The van der Waals surface area contributed by atoms with Crippen molar-refractivity contribution in [2.45, 2.75) is 70.1 Å². The molecule has 2 fully saturated rings. The van der Waals surface area contributed by atoms with E-state index in [2.05, 4.69) is 41.4 Å². The van der Waals surface area contributed by atoms with Crippen molar-refractivity contribution in [3.63, 3.8) is 0 Å². The Kier molecular flexibility index (Phi) is 7.68. The van der Waals surface area contributed by atoms with E-state index in [-0.39, 0.29) is 35.2 Å². The maximum Gasteiger partial charge on any atom is 0.310 e. The number of methoxy groups -OCH3 is 1. The topological polar surface area (TPSA) is 114 Å². The average Bonchev–Trinajstić information content (AvgIpc) is 3.22. The van der Waals surface area contributed by atoms with E-state index >= 15 is 0 Å². The Bertz CT molecular complexity index is 1100. The Hall–Kier alpha value is -3.33. The summed E-state index contributed by atoms with van der Waals surface area (Å²) >= 11 is 0. The molecule has 0 spiro atoms. The first-order valence-electron chi connectivity index (χ1n) is 12.5. The van der Waals surface area contributed by atoms with E-state index in [0.29, 0.717) is 31.5 Å². The van der Waals surface area contributed by atoms with Crippen LogP contribution in [-0.4, -0.2) is 70.0 Å². The quantitative estimate of drug-likeness (QED) is 0.595. The summed E-state index contributed by atoms with van der Waals surface area (Å²) in [5.41, 5.74) is 1.53. The van der Waals surface area contributed by atoms with Gasteiger partial charge in [-0.3, -0.25) is 19.4 Å². The van der Waals surface area contributed by atoms with E-state index in [1.807, 2.05) is 30.3 Å². The van der Waals surface area contributed by atoms with Crippen LogP contribution in [0, 0.1) is 5.92 Å². The van der Waals surface area contributed by atoms with E-state index in [1.54, 1.807) is 11.1 Å². The number of benzene rings is 1. The van der Waals surface area contributed by atoms with Crippen molar-refractivity contribution in [2.24, 2.45) is 5.92 Å². The fraction of sp³-hybridized carbons (Fsp3) is 0.519. The highest BCUT2D eigenvalue weighted by atomic mass is 16.5. The molecule has 4 rings (SSSR count). The molecule has 1 aromatic heterocycles. The van der Waals surface area contributed by atoms with Gasteiger partial charge in [-0.25, -0.2) is 4.98 Å². The van der Waals surface area contributed by atoms with E-state index in [1.165, 1.54) is 13.3 Å². The van der Waals surface area contributed by atoms with Crippen LogP contribution in [0.2, 0.25) is 0 Å². The van der Waals surface area contributed by atoms with E-state index in [4.69, 9.17) is 4.74 Å². The first kappa shape index (κ1) is 25.8. The minimum absolute atomic E-state index is 0.0717. The molecule has 36 heavy (non-hydrogen) atoms. The van der Waals surface area contributed by atoms with Gasteiger partial charge < -0.3 is 20.3 Å². The molecular formula is C27H35N5O4. The Morgan fingerprint density at radius 3 is 2.53 bits per heavy atom. The summed E-state index contributed by atoms with van der Waals surface area (Å²) in [6.45, 7) is 6.78. The second-order valence-electron chi connectivity index (χ2n) is 10.6. The molecule has 1 saturated heterocycles. The number of rotatable bonds is 6. The number of likely N-dealkylation sites (tertiary alicyclic amines) is 1. The predicted molar refractivity (Wildman–Crippen MR) is 135 cm³/mol. The van der Waals surface area contributed by atoms with Crippen LogP contribution in [-0.2, 0) is 14.3 Å². The van der Waals surface area contributed by atoms with E-state index in [9.17, 15) is 14.4 Å². The number of nitrogens with one attached hydrogen (secondary N) is 2. The smallest absolute Gasteiger partial charge is 0.310 e. The van der Waals surface area contributed by atoms with Crippen molar-refractivity contribution in [2.75, 3.05) is 13.7 Å². The molecule has 2 amide bonds. The number of ether oxygens (including phenoxy) is 1. The van der Waals surface area contributed by atoms with Crippen LogP contribution < -0.4 is 10.6 Å². The number of amides is 2. The highest BCUT2D eigenvalue weighted by Crippen LogP contribution is 2.33. The summed E-state index contributed by atoms with van der Waals surface area (Å²) in [6.07, 6.45) is 5.65. The van der Waals surface area contributed by atoms with Gasteiger partial charge in [0.2, 0.25) is 5.91 Å². The Morgan fingerprint density at radius 2 is 1.83 bits per heavy atom. The largest absolute Gasteiger partial charge is 0.469 e. The Labute approximate surface area is 212 Å². The number of esters is 1. The maximum atomic E-state index is 13.3. The van der Waals surface area contributed by atoms with Crippen LogP contribution >= 0.6 is 0 Å². The van der Waals surface area contributed by atoms with Crippen LogP contribution in [0.1, 0.15) is 56.9 Å². The lowest BCUT2D eigenvalue weighted by Gasteiger charge is -2.41. The maximum absolute atomic E-state index is 13.3. The molecule has 1 aliphatic carbocycles. The summed E-state index contributed by atoms with van der Waals surface area (Å²) < 4.78 is 5.10. The zero-order valence-corrected chi connectivity index (χ0v) is 21.4. The van der Waals surface area contributed by atoms with Gasteiger partial charge in [0, 0.05) is 29.7 Å². The van der Waals surface area contributed by atoms with Crippen molar-refractivity contribution >= 4 is 17.8 Å². The number of hydrogen-bond donors (Lipinski definition) is 2. The monoisotopic (exact) mass is 493 g/mol. The lowest BCUT2D eigenvalue weighted by atomic mass is 9.80. The van der Waals surface area contributed by atoms with Gasteiger partial charge >= 0.3 is 5.97 Å². The van der Waals surface area contributed by atoms with Gasteiger partial charge in [-0.2, -0.15) is 0 Å². The first-order chi connectivity index (χ1) is 17.2. The summed E-state index contributed by atoms with van der Waals surface area (Å²) in [5.74, 6) is -1.32. The van der Waals surface area contributed by atoms with E-state index in [0.717, 1.165) is 12.0 Å². The summed E-state index contributed by atoms with van der Waals surface area (Å²) in [6, 6.07) is 8.75. The Balaban J connectivity index is 1.43. The molecule has 9 heteroatoms. The fourth-order valence-corrected chi connectivity index (χ4v) is 5.30. The van der Waals surface area contributed by atoms with Crippen LogP contribution in [0.25, 0.3) is 11.3 Å². The minimum Gasteiger partial charge on any atom is -0.469 e. The van der Waals surface area contributed by atoms with Gasteiger partial charge in [0.1, 0.15) is 11.7 Å². The van der Waals surface area contributed by atoms with Crippen LogP contribution in [0.3, 0.4) is 0 Å². The third-order valence-corrected chi connectivity index (χ3v) is 6.84. The lowest BCUT2D eigenvalue weighted by molar-refractivity contribution is -0.151. The van der Waals surface area contributed by atoms with Crippen LogP contribution in [0.4, 0.5) is 0 Å². The zero-order chi connectivity index (χ0) is 25.9. The highest BCUT2D eigenvalue weighted by molar-refractivity contribution is 5.97. The molecule has 192 valence electrons. The third-order valence-electron chi connectivity index (χ3n) is 6.84. The summed E-state index contributed by atoms with van der Waals surface area (Å²) in [4.78, 5) is 49.3. The van der Waals surface area contributed by atoms with Gasteiger partial charge in [-0.05, 0) is 46.5 Å². The molecule has 3 unspecified atom stereocenters. The summed E-state index contributed by atoms with van der Waals surface area (Å²) in [5, 5.41) is 6.41. The van der Waals surface area contributed by atoms with Crippen molar-refractivity contribution in [3.8, 4) is 11.3 Å².